The van der Waals surface area contributed by atoms with Gasteiger partial charge in [-0.1, -0.05) is 6.07 Å². The Morgan fingerprint density at radius 3 is 2.71 bits per heavy atom. The maximum atomic E-state index is 12.8. The van der Waals surface area contributed by atoms with Crippen molar-refractivity contribution in [3.05, 3.63) is 54.2 Å². The molecule has 0 radical (unpaired) electrons. The van der Waals surface area contributed by atoms with Crippen molar-refractivity contribution in [1.29, 1.82) is 0 Å². The van der Waals surface area contributed by atoms with Gasteiger partial charge in [0, 0.05) is 43.0 Å². The number of nitrogens with zero attached hydrogens (tertiary/aromatic N) is 3. The minimum absolute atomic E-state index is 0.0743. The van der Waals surface area contributed by atoms with Crippen LogP contribution in [0.5, 0.6) is 0 Å². The van der Waals surface area contributed by atoms with E-state index in [0.717, 1.165) is 22.3 Å². The second-order valence-electron chi connectivity index (χ2n) is 9.70. The van der Waals surface area contributed by atoms with E-state index in [4.69, 9.17) is 5.73 Å². The zero-order valence-corrected chi connectivity index (χ0v) is 21.2. The van der Waals surface area contributed by atoms with Crippen LogP contribution in [0.3, 0.4) is 0 Å². The predicted octanol–water partition coefficient (Wildman–Crippen LogP) is 5.30. The molecule has 1 unspecified atom stereocenters. The Labute approximate surface area is 219 Å². The largest absolute Gasteiger partial charge is 0.394 e. The second-order valence-corrected chi connectivity index (χ2v) is 9.70. The van der Waals surface area contributed by atoms with Crippen LogP contribution >= 0.6 is 0 Å². The van der Waals surface area contributed by atoms with Crippen molar-refractivity contribution in [1.82, 2.24) is 14.9 Å². The molecule has 0 saturated carbocycles. The molecule has 2 atom stereocenters. The molecule has 11 heteroatoms. The average Bonchev–Trinajstić information content (AvgIpc) is 3.32. The van der Waals surface area contributed by atoms with Crippen LogP contribution in [-0.4, -0.2) is 57.9 Å². The minimum Gasteiger partial charge on any atom is -0.394 e. The lowest BCUT2D eigenvalue weighted by atomic mass is 9.98. The summed E-state index contributed by atoms with van der Waals surface area (Å²) in [5.74, 6) is 0.322. The van der Waals surface area contributed by atoms with Crippen molar-refractivity contribution >= 4 is 23.4 Å². The Morgan fingerprint density at radius 2 is 2.00 bits per heavy atom. The molecule has 2 aromatic heterocycles. The number of amides is 2. The van der Waals surface area contributed by atoms with Crippen LogP contribution < -0.4 is 16.4 Å². The van der Waals surface area contributed by atoms with Gasteiger partial charge in [-0.25, -0.2) is 14.8 Å². The van der Waals surface area contributed by atoms with Gasteiger partial charge in [0.15, 0.2) is 0 Å². The van der Waals surface area contributed by atoms with Crippen LogP contribution in [-0.2, 0) is 0 Å². The third-order valence-electron chi connectivity index (χ3n) is 6.46. The summed E-state index contributed by atoms with van der Waals surface area (Å²) in [6, 6.07) is 12.1. The van der Waals surface area contributed by atoms with E-state index in [2.05, 4.69) is 20.6 Å². The van der Waals surface area contributed by atoms with Gasteiger partial charge in [-0.3, -0.25) is 0 Å². The number of likely N-dealkylation sites (tertiary alicyclic amines) is 1. The fourth-order valence-electron chi connectivity index (χ4n) is 4.54. The number of aryl methyl sites for hydroxylation is 1. The standard InChI is InChI=1S/C27H31F3N6O2/c1-16-3-4-21(34-26(38)36-8-6-18(14-36)13-27(28,29)30)12-22(16)20-9-23(19-5-7-32-24(31)10-19)35-25(11-20)33-17(2)15-37/h3-5,7,9-12,17-18,37H,6,8,13-15H2,1-2H3,(H2,31,32)(H,33,35)(H,34,38)/t17?,18-/m0/s1. The molecule has 1 aromatic carbocycles. The number of nitrogen functional groups attached to an aromatic ring is 1. The van der Waals surface area contributed by atoms with Gasteiger partial charge in [0.05, 0.1) is 12.3 Å². The van der Waals surface area contributed by atoms with Crippen LogP contribution in [0.25, 0.3) is 22.4 Å². The molecule has 1 fully saturated rings. The van der Waals surface area contributed by atoms with Gasteiger partial charge in [-0.15, -0.1) is 0 Å². The van der Waals surface area contributed by atoms with Crippen molar-refractivity contribution in [3.63, 3.8) is 0 Å². The van der Waals surface area contributed by atoms with Crippen LogP contribution in [0.15, 0.2) is 48.7 Å². The van der Waals surface area contributed by atoms with E-state index < -0.39 is 24.5 Å². The Balaban J connectivity index is 1.61. The van der Waals surface area contributed by atoms with Gasteiger partial charge in [0.2, 0.25) is 0 Å². The molecule has 0 bridgehead atoms. The first-order chi connectivity index (χ1) is 18.0. The number of alkyl halides is 3. The first kappa shape index (κ1) is 27.2. The van der Waals surface area contributed by atoms with Crippen molar-refractivity contribution in [2.24, 2.45) is 5.92 Å². The lowest BCUT2D eigenvalue weighted by Gasteiger charge is -2.19. The quantitative estimate of drug-likeness (QED) is 0.331. The summed E-state index contributed by atoms with van der Waals surface area (Å²) in [7, 11) is 0. The molecule has 1 aliphatic heterocycles. The van der Waals surface area contributed by atoms with Gasteiger partial charge in [0.25, 0.3) is 0 Å². The number of nitrogens with one attached hydrogen (secondary N) is 2. The Bertz CT molecular complexity index is 1300. The molecule has 5 N–H and O–H groups in total. The number of carbonyl (C=O) groups is 1. The second kappa shape index (κ2) is 11.3. The number of pyridine rings is 2. The minimum atomic E-state index is -4.24. The molecule has 2 amide bonds. The molecule has 3 heterocycles. The van der Waals surface area contributed by atoms with E-state index >= 15 is 0 Å². The first-order valence-corrected chi connectivity index (χ1v) is 12.4. The van der Waals surface area contributed by atoms with Crippen molar-refractivity contribution in [3.8, 4) is 22.4 Å². The van der Waals surface area contributed by atoms with E-state index in [1.165, 1.54) is 4.90 Å². The highest BCUT2D eigenvalue weighted by Crippen LogP contribution is 2.33. The number of aliphatic hydroxyl groups excluding tert-OH is 1. The van der Waals surface area contributed by atoms with Gasteiger partial charge >= 0.3 is 12.2 Å². The molecule has 202 valence electrons. The van der Waals surface area contributed by atoms with E-state index in [9.17, 15) is 23.1 Å². The van der Waals surface area contributed by atoms with Crippen molar-refractivity contribution in [2.75, 3.05) is 36.1 Å². The summed E-state index contributed by atoms with van der Waals surface area (Å²) in [6.07, 6.45) is -3.20. The number of rotatable bonds is 7. The number of urea groups is 1. The van der Waals surface area contributed by atoms with E-state index in [0.29, 0.717) is 29.4 Å². The molecule has 1 aliphatic rings. The third-order valence-corrected chi connectivity index (χ3v) is 6.46. The average molecular weight is 529 g/mol. The number of aromatic nitrogens is 2. The monoisotopic (exact) mass is 528 g/mol. The van der Waals surface area contributed by atoms with Crippen LogP contribution in [0, 0.1) is 12.8 Å². The summed E-state index contributed by atoms with van der Waals surface area (Å²) in [4.78, 5) is 23.0. The van der Waals surface area contributed by atoms with Crippen LogP contribution in [0.4, 0.5) is 35.3 Å². The molecule has 1 saturated heterocycles. The maximum Gasteiger partial charge on any atom is 0.389 e. The first-order valence-electron chi connectivity index (χ1n) is 12.4. The maximum absolute atomic E-state index is 12.8. The number of benzene rings is 1. The smallest absolute Gasteiger partial charge is 0.389 e. The molecule has 3 aromatic rings. The molecular formula is C27H31F3N6O2. The Morgan fingerprint density at radius 1 is 1.21 bits per heavy atom. The summed E-state index contributed by atoms with van der Waals surface area (Å²) >= 11 is 0. The zero-order valence-electron chi connectivity index (χ0n) is 21.2. The Hall–Kier alpha value is -3.86. The van der Waals surface area contributed by atoms with Gasteiger partial charge in [0.1, 0.15) is 11.6 Å². The zero-order chi connectivity index (χ0) is 27.4. The number of nitrogens with two attached hydrogens (primary N) is 1. The lowest BCUT2D eigenvalue weighted by molar-refractivity contribution is -0.143. The highest BCUT2D eigenvalue weighted by Gasteiger charge is 2.36. The normalized spacial score (nSPS) is 16.4. The summed E-state index contributed by atoms with van der Waals surface area (Å²) in [5, 5.41) is 15.5. The number of halogens is 3. The SMILES string of the molecule is Cc1ccc(NC(=O)N2CC[C@@H](CC(F)(F)F)C2)cc1-c1cc(NC(C)CO)nc(-c2ccnc(N)c2)c1. The third kappa shape index (κ3) is 6.91. The summed E-state index contributed by atoms with van der Waals surface area (Å²) in [6.45, 7) is 4.05. The van der Waals surface area contributed by atoms with Crippen molar-refractivity contribution in [2.45, 2.75) is 38.9 Å². The Kier molecular flexibility index (Phi) is 8.05. The van der Waals surface area contributed by atoms with E-state index in [1.54, 1.807) is 24.4 Å². The van der Waals surface area contributed by atoms with E-state index in [1.807, 2.05) is 38.1 Å². The van der Waals surface area contributed by atoms with Gasteiger partial charge in [-0.2, -0.15) is 13.2 Å². The molecule has 38 heavy (non-hydrogen) atoms. The number of anilines is 3. The van der Waals surface area contributed by atoms with E-state index in [-0.39, 0.29) is 25.7 Å². The fourth-order valence-corrected chi connectivity index (χ4v) is 4.54. The number of carbonyl (C=O) groups excluding carboxylic acids is 1. The lowest BCUT2D eigenvalue weighted by Crippen LogP contribution is -2.33. The highest BCUT2D eigenvalue weighted by molar-refractivity contribution is 5.91. The molecule has 4 rings (SSSR count). The van der Waals surface area contributed by atoms with Crippen molar-refractivity contribution < 1.29 is 23.1 Å². The number of hydrogen-bond acceptors (Lipinski definition) is 6. The summed E-state index contributed by atoms with van der Waals surface area (Å²) in [5.41, 5.74) is 10.4. The predicted molar refractivity (Wildman–Crippen MR) is 142 cm³/mol. The topological polar surface area (TPSA) is 116 Å². The number of hydrogen-bond donors (Lipinski definition) is 4. The molecule has 8 nitrogen and oxygen atoms in total. The molecular weight excluding hydrogens is 497 g/mol. The summed E-state index contributed by atoms with van der Waals surface area (Å²) < 4.78 is 38.3. The van der Waals surface area contributed by atoms with Gasteiger partial charge < -0.3 is 26.4 Å². The molecule has 0 aliphatic carbocycles. The van der Waals surface area contributed by atoms with Crippen LogP contribution in [0.1, 0.15) is 25.3 Å². The van der Waals surface area contributed by atoms with Crippen LogP contribution in [0.2, 0.25) is 0 Å². The number of aliphatic hydroxyl groups is 1. The fraction of sp³-hybridized carbons (Fsp3) is 0.370. The van der Waals surface area contributed by atoms with Gasteiger partial charge in [-0.05, 0) is 79.3 Å². The molecule has 0 spiro atoms. The highest BCUT2D eigenvalue weighted by atomic mass is 19.4.